The summed E-state index contributed by atoms with van der Waals surface area (Å²) in [4.78, 5) is 0. The Bertz CT molecular complexity index is 392. The Morgan fingerprint density at radius 3 is 1.70 bits per heavy atom. The van der Waals surface area contributed by atoms with Gasteiger partial charge >= 0.3 is 126 Å². The first-order valence-electron chi connectivity index (χ1n) is 8.55. The predicted molar refractivity (Wildman–Crippen MR) is 77.5 cm³/mol. The SMILES string of the molecule is CCCC1(CC)C[O][Ti]2(=[O])([CH2]C(CC)(CCC)[CH2]2)[O]C1. The van der Waals surface area contributed by atoms with E-state index in [4.69, 9.17) is 6.64 Å². The molecule has 0 N–H and O–H groups in total. The van der Waals surface area contributed by atoms with Gasteiger partial charge in [0.25, 0.3) is 0 Å². The summed E-state index contributed by atoms with van der Waals surface area (Å²) in [6.45, 7) is 10.1. The van der Waals surface area contributed by atoms with Crippen LogP contribution in [-0.2, 0) is 26.0 Å². The van der Waals surface area contributed by atoms with Crippen LogP contribution >= 0.6 is 0 Å². The van der Waals surface area contributed by atoms with E-state index in [9.17, 15) is 3.32 Å². The molecule has 0 aliphatic carbocycles. The second kappa shape index (κ2) is 5.57. The van der Waals surface area contributed by atoms with E-state index < -0.39 is 16.1 Å². The summed E-state index contributed by atoms with van der Waals surface area (Å²) in [6.07, 6.45) is 6.72. The van der Waals surface area contributed by atoms with Gasteiger partial charge in [0, 0.05) is 0 Å². The summed E-state index contributed by atoms with van der Waals surface area (Å²) in [7, 11) is 0. The number of rotatable bonds is 6. The molecule has 2 saturated heterocycles. The van der Waals surface area contributed by atoms with E-state index in [1.807, 2.05) is 0 Å². The fourth-order valence-corrected chi connectivity index (χ4v) is 12.9. The van der Waals surface area contributed by atoms with Gasteiger partial charge in [-0.3, -0.25) is 0 Å². The van der Waals surface area contributed by atoms with Gasteiger partial charge in [-0.25, -0.2) is 0 Å². The van der Waals surface area contributed by atoms with Crippen LogP contribution in [0.25, 0.3) is 0 Å². The monoisotopic (exact) mass is 320 g/mol. The van der Waals surface area contributed by atoms with E-state index in [0.29, 0.717) is 13.2 Å². The number of hydrogen-bond donors (Lipinski definition) is 0. The standard InChI is InChI=1S/C8H16O2.C8H16.O.Ti/c1-3-5-8(4-2,6-9)7-10;1-5-7-8(3,4)6-2;;/h3-7H2,1-2H3;3-7H2,1-2H3;;/q-2;;;+2. The molecule has 0 aromatic rings. The Kier molecular flexibility index (Phi) is 4.68. The van der Waals surface area contributed by atoms with E-state index in [2.05, 4.69) is 27.7 Å². The summed E-state index contributed by atoms with van der Waals surface area (Å²) in [5.41, 5.74) is 0.351. The minimum atomic E-state index is -4.23. The molecule has 2 heterocycles. The van der Waals surface area contributed by atoms with Crippen LogP contribution in [0.4, 0.5) is 0 Å². The first-order chi connectivity index (χ1) is 9.37. The van der Waals surface area contributed by atoms with Crippen molar-refractivity contribution in [3.05, 3.63) is 0 Å². The second-order valence-corrected chi connectivity index (χ2v) is 13.8. The fourth-order valence-electron chi connectivity index (χ4n) is 4.50. The first-order valence-corrected chi connectivity index (χ1v) is 12.7. The summed E-state index contributed by atoms with van der Waals surface area (Å²) in [5, 5.41) is 0. The number of hydrogen-bond acceptors (Lipinski definition) is 3. The Balaban J connectivity index is 2.05. The van der Waals surface area contributed by atoms with E-state index in [1.54, 1.807) is 0 Å². The van der Waals surface area contributed by atoms with Gasteiger partial charge in [0.2, 0.25) is 0 Å². The molecule has 2 aliphatic rings. The zero-order valence-corrected chi connectivity index (χ0v) is 15.4. The van der Waals surface area contributed by atoms with Crippen molar-refractivity contribution in [3.63, 3.8) is 0 Å². The third-order valence-electron chi connectivity index (χ3n) is 5.89. The van der Waals surface area contributed by atoms with Crippen molar-refractivity contribution < 1.29 is 26.0 Å². The van der Waals surface area contributed by atoms with Crippen LogP contribution in [0, 0.1) is 10.8 Å². The Labute approximate surface area is 126 Å². The van der Waals surface area contributed by atoms with E-state index in [-0.39, 0.29) is 10.8 Å². The van der Waals surface area contributed by atoms with Gasteiger partial charge in [0.15, 0.2) is 0 Å². The molecule has 2 aliphatic heterocycles. The molecule has 0 unspecified atom stereocenters. The molecule has 4 heteroatoms. The van der Waals surface area contributed by atoms with Crippen LogP contribution in [0.15, 0.2) is 0 Å². The van der Waals surface area contributed by atoms with Crippen molar-refractivity contribution >= 4 is 0 Å². The van der Waals surface area contributed by atoms with E-state index in [0.717, 1.165) is 48.0 Å². The summed E-state index contributed by atoms with van der Waals surface area (Å²) < 4.78 is 26.9. The van der Waals surface area contributed by atoms with Crippen LogP contribution in [0.3, 0.4) is 0 Å². The zero-order chi connectivity index (χ0) is 14.9. The van der Waals surface area contributed by atoms with Gasteiger partial charge in [-0.05, 0) is 0 Å². The van der Waals surface area contributed by atoms with Gasteiger partial charge in [-0.2, -0.15) is 0 Å². The average Bonchev–Trinajstić information content (AvgIpc) is 2.41. The fraction of sp³-hybridized carbons (Fsp3) is 1.00. The molecule has 20 heavy (non-hydrogen) atoms. The van der Waals surface area contributed by atoms with E-state index in [1.165, 1.54) is 0 Å². The zero-order valence-electron chi connectivity index (χ0n) is 13.8. The van der Waals surface area contributed by atoms with Crippen molar-refractivity contribution in [1.82, 2.24) is 0 Å². The molecule has 3 nitrogen and oxygen atoms in total. The summed E-state index contributed by atoms with van der Waals surface area (Å²) in [6, 6.07) is 0. The van der Waals surface area contributed by atoms with Gasteiger partial charge in [-0.15, -0.1) is 0 Å². The molecule has 0 amide bonds. The van der Waals surface area contributed by atoms with E-state index >= 15 is 0 Å². The quantitative estimate of drug-likeness (QED) is 0.636. The van der Waals surface area contributed by atoms with Crippen LogP contribution in [0.5, 0.6) is 0 Å². The van der Waals surface area contributed by atoms with Gasteiger partial charge in [-0.1, -0.05) is 0 Å². The Hall–Kier alpha value is 0.434. The van der Waals surface area contributed by atoms with Crippen molar-refractivity contribution in [2.75, 3.05) is 13.2 Å². The van der Waals surface area contributed by atoms with Crippen molar-refractivity contribution in [2.45, 2.75) is 75.7 Å². The first kappa shape index (κ1) is 16.8. The Morgan fingerprint density at radius 1 is 0.850 bits per heavy atom. The van der Waals surface area contributed by atoms with Crippen LogP contribution < -0.4 is 0 Å². The molecular weight excluding hydrogens is 288 g/mol. The molecule has 0 radical (unpaired) electrons. The third kappa shape index (κ3) is 2.84. The molecule has 0 aromatic carbocycles. The Morgan fingerprint density at radius 2 is 1.30 bits per heavy atom. The average molecular weight is 320 g/mol. The minimum absolute atomic E-state index is 0.110. The van der Waals surface area contributed by atoms with Crippen LogP contribution in [0.2, 0.25) is 9.45 Å². The second-order valence-electron chi connectivity index (χ2n) is 7.50. The molecule has 2 fully saturated rings. The molecule has 1 spiro atoms. The predicted octanol–water partition coefficient (Wildman–Crippen LogP) is 5.14. The molecule has 0 aromatic heterocycles. The van der Waals surface area contributed by atoms with Crippen molar-refractivity contribution in [1.29, 1.82) is 0 Å². The van der Waals surface area contributed by atoms with Gasteiger partial charge in [0.05, 0.1) is 0 Å². The van der Waals surface area contributed by atoms with Crippen molar-refractivity contribution in [2.24, 2.45) is 10.8 Å². The maximum atomic E-state index is 13.4. The van der Waals surface area contributed by atoms with Crippen LogP contribution in [0.1, 0.15) is 66.2 Å². The molecular formula is C16H32O3Ti. The molecule has 2 rings (SSSR count). The van der Waals surface area contributed by atoms with Gasteiger partial charge in [0.1, 0.15) is 0 Å². The van der Waals surface area contributed by atoms with Crippen molar-refractivity contribution in [3.8, 4) is 0 Å². The van der Waals surface area contributed by atoms with Gasteiger partial charge < -0.3 is 0 Å². The summed E-state index contributed by atoms with van der Waals surface area (Å²) >= 11 is -4.23. The summed E-state index contributed by atoms with van der Waals surface area (Å²) in [5.74, 6) is 0. The molecule has 0 bridgehead atoms. The molecule has 118 valence electrons. The topological polar surface area (TPSA) is 35.5 Å². The van der Waals surface area contributed by atoms with Crippen LogP contribution in [-0.4, -0.2) is 13.2 Å². The molecule has 0 atom stereocenters. The normalized spacial score (nSPS) is 38.2. The maximum absolute atomic E-state index is 13.4. The third-order valence-corrected chi connectivity index (χ3v) is 12.8. The molecule has 0 saturated carbocycles.